The molecule has 5 N–H and O–H groups in total. The molecule has 36 heavy (non-hydrogen) atoms. The van der Waals surface area contributed by atoms with Gasteiger partial charge in [-0.05, 0) is 69.1 Å². The largest absolute Gasteiger partial charge is 0.378 e. The van der Waals surface area contributed by atoms with E-state index in [1.807, 2.05) is 32.0 Å². The fourth-order valence-electron chi connectivity index (χ4n) is 3.75. The molecule has 11 heteroatoms. The van der Waals surface area contributed by atoms with Crippen molar-refractivity contribution in [1.82, 2.24) is 25.6 Å². The highest BCUT2D eigenvalue weighted by Gasteiger charge is 2.36. The predicted molar refractivity (Wildman–Crippen MR) is 133 cm³/mol. The number of rotatable bonds is 8. The Morgan fingerprint density at radius 1 is 1.14 bits per heavy atom. The Morgan fingerprint density at radius 3 is 2.69 bits per heavy atom. The molecule has 4 rings (SSSR count). The SMILES string of the molecule is CC(C)NC(=O)c1cnc(Nc2ccc3c(c2)CCNC3)nc1Nc1cccc(C(C)(O)C(F)F)n1. The molecule has 3 heterocycles. The van der Waals surface area contributed by atoms with Gasteiger partial charge in [-0.25, -0.2) is 18.7 Å². The second-order valence-corrected chi connectivity index (χ2v) is 9.10. The van der Waals surface area contributed by atoms with Crippen LogP contribution in [0.15, 0.2) is 42.6 Å². The van der Waals surface area contributed by atoms with E-state index in [4.69, 9.17) is 0 Å². The van der Waals surface area contributed by atoms with Crippen molar-refractivity contribution in [3.05, 3.63) is 65.0 Å². The van der Waals surface area contributed by atoms with Gasteiger partial charge in [0.15, 0.2) is 5.60 Å². The Hall–Kier alpha value is -3.70. The van der Waals surface area contributed by atoms with Gasteiger partial charge in [0.2, 0.25) is 5.95 Å². The van der Waals surface area contributed by atoms with Crippen LogP contribution in [0.25, 0.3) is 0 Å². The van der Waals surface area contributed by atoms with Crippen molar-refractivity contribution in [2.75, 3.05) is 17.2 Å². The molecule has 1 unspecified atom stereocenters. The first-order chi connectivity index (χ1) is 17.1. The number of benzene rings is 1. The number of alkyl halides is 2. The summed E-state index contributed by atoms with van der Waals surface area (Å²) in [5, 5.41) is 22.4. The zero-order valence-corrected chi connectivity index (χ0v) is 20.3. The van der Waals surface area contributed by atoms with E-state index in [-0.39, 0.29) is 34.9 Å². The van der Waals surface area contributed by atoms with Crippen molar-refractivity contribution >= 4 is 29.2 Å². The second kappa shape index (κ2) is 10.5. The summed E-state index contributed by atoms with van der Waals surface area (Å²) < 4.78 is 26.6. The van der Waals surface area contributed by atoms with Crippen molar-refractivity contribution in [3.8, 4) is 0 Å². The standard InChI is InChI=1S/C25H29F2N7O2/c1-14(2)30-22(35)18-13-29-24(31-17-8-7-16-12-28-10-9-15(16)11-17)34-21(18)33-20-6-4-5-19(32-20)25(3,36)23(26)27/h4-8,11,13-14,23,28,36H,9-10,12H2,1-3H3,(H,30,35)(H2,29,31,32,33,34). The average Bonchev–Trinajstić information content (AvgIpc) is 2.84. The molecule has 0 spiro atoms. The summed E-state index contributed by atoms with van der Waals surface area (Å²) in [4.78, 5) is 25.7. The van der Waals surface area contributed by atoms with Gasteiger partial charge >= 0.3 is 0 Å². The van der Waals surface area contributed by atoms with Gasteiger partial charge in [-0.2, -0.15) is 4.98 Å². The van der Waals surface area contributed by atoms with Gasteiger partial charge in [0.1, 0.15) is 17.2 Å². The molecule has 2 aromatic heterocycles. The molecule has 9 nitrogen and oxygen atoms in total. The Labute approximate surface area is 207 Å². The third kappa shape index (κ3) is 5.74. The summed E-state index contributed by atoms with van der Waals surface area (Å²) in [6, 6.07) is 10.2. The molecule has 0 saturated carbocycles. The Balaban J connectivity index is 1.65. The van der Waals surface area contributed by atoms with Crippen molar-refractivity contribution in [1.29, 1.82) is 0 Å². The van der Waals surface area contributed by atoms with Crippen LogP contribution in [0, 0.1) is 0 Å². The number of fused-ring (bicyclic) bond motifs is 1. The maximum Gasteiger partial charge on any atom is 0.272 e. The molecule has 1 aliphatic heterocycles. The Kier molecular flexibility index (Phi) is 7.41. The number of hydrogen-bond acceptors (Lipinski definition) is 8. The molecule has 0 fully saturated rings. The van der Waals surface area contributed by atoms with E-state index in [2.05, 4.69) is 36.2 Å². The summed E-state index contributed by atoms with van der Waals surface area (Å²) in [5.41, 5.74) is 0.772. The lowest BCUT2D eigenvalue weighted by molar-refractivity contribution is -0.0909. The van der Waals surface area contributed by atoms with E-state index in [1.165, 1.54) is 35.5 Å². The lowest BCUT2D eigenvalue weighted by atomic mass is 10.0. The molecular weight excluding hydrogens is 468 g/mol. The number of pyridine rings is 1. The number of nitrogens with zero attached hydrogens (tertiary/aromatic N) is 3. The van der Waals surface area contributed by atoms with Gasteiger partial charge in [0.25, 0.3) is 12.3 Å². The first-order valence-corrected chi connectivity index (χ1v) is 11.7. The van der Waals surface area contributed by atoms with Gasteiger partial charge < -0.3 is 26.4 Å². The lowest BCUT2D eigenvalue weighted by Gasteiger charge is -2.22. The minimum absolute atomic E-state index is 0.129. The van der Waals surface area contributed by atoms with Crippen molar-refractivity contribution in [3.63, 3.8) is 0 Å². The molecule has 0 aliphatic carbocycles. The number of amides is 1. The predicted octanol–water partition coefficient (Wildman–Crippen LogP) is 3.62. The van der Waals surface area contributed by atoms with Gasteiger partial charge in [0.05, 0.1) is 5.69 Å². The molecule has 1 atom stereocenters. The normalized spacial score (nSPS) is 14.8. The zero-order chi connectivity index (χ0) is 25.9. The molecule has 190 valence electrons. The first kappa shape index (κ1) is 25.4. The monoisotopic (exact) mass is 497 g/mol. The van der Waals surface area contributed by atoms with E-state index in [1.54, 1.807) is 0 Å². The van der Waals surface area contributed by atoms with Gasteiger partial charge in [-0.1, -0.05) is 12.1 Å². The molecule has 3 aromatic rings. The molecule has 0 saturated heterocycles. The number of halogens is 2. The van der Waals surface area contributed by atoms with E-state index < -0.39 is 17.9 Å². The summed E-state index contributed by atoms with van der Waals surface area (Å²) in [6.07, 6.45) is -0.733. The van der Waals surface area contributed by atoms with Crippen LogP contribution < -0.4 is 21.3 Å². The number of aromatic nitrogens is 3. The number of aliphatic hydroxyl groups is 1. The van der Waals surface area contributed by atoms with Crippen LogP contribution in [-0.4, -0.2) is 45.0 Å². The second-order valence-electron chi connectivity index (χ2n) is 9.10. The summed E-state index contributed by atoms with van der Waals surface area (Å²) >= 11 is 0. The number of carbonyl (C=O) groups is 1. The highest BCUT2D eigenvalue weighted by atomic mass is 19.3. The van der Waals surface area contributed by atoms with E-state index in [0.29, 0.717) is 0 Å². The van der Waals surface area contributed by atoms with E-state index in [0.717, 1.165) is 32.1 Å². The van der Waals surface area contributed by atoms with Crippen LogP contribution >= 0.6 is 0 Å². The number of hydrogen-bond donors (Lipinski definition) is 5. The molecular formula is C25H29F2N7O2. The van der Waals surface area contributed by atoms with Crippen LogP contribution in [-0.2, 0) is 18.6 Å². The van der Waals surface area contributed by atoms with Gasteiger partial charge in [-0.15, -0.1) is 0 Å². The Bertz CT molecular complexity index is 1250. The minimum atomic E-state index is -3.03. The van der Waals surface area contributed by atoms with Gasteiger partial charge in [-0.3, -0.25) is 4.79 Å². The van der Waals surface area contributed by atoms with Crippen LogP contribution in [0.3, 0.4) is 0 Å². The number of carbonyl (C=O) groups excluding carboxylic acids is 1. The summed E-state index contributed by atoms with van der Waals surface area (Å²) in [6.45, 7) is 6.37. The first-order valence-electron chi connectivity index (χ1n) is 11.7. The van der Waals surface area contributed by atoms with E-state index in [9.17, 15) is 18.7 Å². The fraction of sp³-hybridized carbons (Fsp3) is 0.360. The van der Waals surface area contributed by atoms with Crippen LogP contribution in [0.5, 0.6) is 0 Å². The lowest BCUT2D eigenvalue weighted by Crippen LogP contribution is -2.32. The van der Waals surface area contributed by atoms with Gasteiger partial charge in [0, 0.05) is 24.5 Å². The average molecular weight is 498 g/mol. The fourth-order valence-corrected chi connectivity index (χ4v) is 3.75. The number of nitrogens with one attached hydrogen (secondary N) is 4. The minimum Gasteiger partial charge on any atom is -0.378 e. The van der Waals surface area contributed by atoms with E-state index >= 15 is 0 Å². The van der Waals surface area contributed by atoms with Crippen LogP contribution in [0.1, 0.15) is 48.0 Å². The topological polar surface area (TPSA) is 124 Å². The molecule has 0 radical (unpaired) electrons. The number of anilines is 4. The van der Waals surface area contributed by atoms with Crippen LogP contribution in [0.2, 0.25) is 0 Å². The van der Waals surface area contributed by atoms with Crippen molar-refractivity contribution in [2.45, 2.75) is 51.8 Å². The third-order valence-corrected chi connectivity index (χ3v) is 5.74. The Morgan fingerprint density at radius 2 is 1.94 bits per heavy atom. The third-order valence-electron chi connectivity index (χ3n) is 5.74. The summed E-state index contributed by atoms with van der Waals surface area (Å²) in [7, 11) is 0. The molecule has 1 aromatic carbocycles. The van der Waals surface area contributed by atoms with Crippen molar-refractivity contribution < 1.29 is 18.7 Å². The zero-order valence-electron chi connectivity index (χ0n) is 20.3. The highest BCUT2D eigenvalue weighted by molar-refractivity contribution is 5.99. The maximum atomic E-state index is 13.3. The molecule has 1 amide bonds. The smallest absolute Gasteiger partial charge is 0.272 e. The maximum absolute atomic E-state index is 13.3. The molecule has 0 bridgehead atoms. The summed E-state index contributed by atoms with van der Waals surface area (Å²) in [5.74, 6) is 0.103. The van der Waals surface area contributed by atoms with Crippen molar-refractivity contribution in [2.24, 2.45) is 0 Å². The highest BCUT2D eigenvalue weighted by Crippen LogP contribution is 2.28. The molecule has 1 aliphatic rings. The van der Waals surface area contributed by atoms with Crippen LogP contribution in [0.4, 0.5) is 32.1 Å². The quantitative estimate of drug-likeness (QED) is 0.320.